The summed E-state index contributed by atoms with van der Waals surface area (Å²) in [5.41, 5.74) is 8.34. The summed E-state index contributed by atoms with van der Waals surface area (Å²) in [6.07, 6.45) is 0.767. The number of hydrogen-bond donors (Lipinski definition) is 2. The van der Waals surface area contributed by atoms with Gasteiger partial charge < -0.3 is 10.7 Å². The van der Waals surface area contributed by atoms with Crippen LogP contribution in [0.25, 0.3) is 0 Å². The van der Waals surface area contributed by atoms with Crippen molar-refractivity contribution < 1.29 is 0 Å². The fourth-order valence-corrected chi connectivity index (χ4v) is 3.13. The van der Waals surface area contributed by atoms with Gasteiger partial charge in [-0.3, -0.25) is 9.69 Å². The summed E-state index contributed by atoms with van der Waals surface area (Å²) in [5.74, 6) is 1.06. The van der Waals surface area contributed by atoms with E-state index in [1.54, 1.807) is 6.07 Å². The van der Waals surface area contributed by atoms with Gasteiger partial charge in [-0.2, -0.15) is 0 Å². The molecule has 0 spiro atoms. The van der Waals surface area contributed by atoms with E-state index in [-0.39, 0.29) is 24.0 Å². The van der Waals surface area contributed by atoms with Gasteiger partial charge in [-0.1, -0.05) is 37.3 Å². The van der Waals surface area contributed by atoms with Gasteiger partial charge in [0.1, 0.15) is 5.82 Å². The molecule has 124 valence electrons. The first kappa shape index (κ1) is 17.7. The third-order valence-corrected chi connectivity index (χ3v) is 4.25. The Kier molecular flexibility index (Phi) is 5.93. The number of benzene rings is 1. The molecule has 1 aromatic heterocycles. The highest BCUT2D eigenvalue weighted by Gasteiger charge is 2.31. The summed E-state index contributed by atoms with van der Waals surface area (Å²) in [5, 5.41) is 0. The summed E-state index contributed by atoms with van der Waals surface area (Å²) < 4.78 is 0. The van der Waals surface area contributed by atoms with Crippen LogP contribution in [0.5, 0.6) is 0 Å². The van der Waals surface area contributed by atoms with Gasteiger partial charge in [-0.25, -0.2) is 4.98 Å². The number of halogens is 1. The third-order valence-electron chi connectivity index (χ3n) is 4.25. The minimum Gasteiger partial charge on any atom is -0.326 e. The van der Waals surface area contributed by atoms with Gasteiger partial charge in [-0.05, 0) is 12.0 Å². The van der Waals surface area contributed by atoms with Crippen LogP contribution in [0.4, 0.5) is 0 Å². The number of nitrogens with two attached hydrogens (primary N) is 1. The number of rotatable bonds is 4. The molecular formula is C17H23ClN4O. The maximum atomic E-state index is 11.7. The number of nitrogens with zero attached hydrogens (tertiary/aromatic N) is 2. The first-order chi connectivity index (χ1) is 10.7. The Hall–Kier alpha value is -1.69. The number of aryl methyl sites for hydroxylation is 1. The SMILES string of the molecule is CCc1cc(=O)[nH]c(CN2C[C@@H](N)[C@H](c3ccccc3)C2)n1.Cl. The second kappa shape index (κ2) is 7.73. The van der Waals surface area contributed by atoms with Crippen LogP contribution < -0.4 is 11.3 Å². The molecule has 1 saturated heterocycles. The highest BCUT2D eigenvalue weighted by Crippen LogP contribution is 2.26. The molecule has 0 radical (unpaired) electrons. The Balaban J connectivity index is 0.00000192. The molecule has 3 N–H and O–H groups in total. The van der Waals surface area contributed by atoms with Crippen LogP contribution in [0.15, 0.2) is 41.2 Å². The van der Waals surface area contributed by atoms with E-state index in [1.807, 2.05) is 13.0 Å². The van der Waals surface area contributed by atoms with Gasteiger partial charge in [0.25, 0.3) is 5.56 Å². The second-order valence-corrected chi connectivity index (χ2v) is 5.91. The van der Waals surface area contributed by atoms with Gasteiger partial charge in [0, 0.05) is 36.8 Å². The molecule has 1 aromatic carbocycles. The summed E-state index contributed by atoms with van der Waals surface area (Å²) in [6, 6.07) is 12.1. The van der Waals surface area contributed by atoms with E-state index in [4.69, 9.17) is 5.73 Å². The van der Waals surface area contributed by atoms with Crippen molar-refractivity contribution in [2.45, 2.75) is 31.8 Å². The van der Waals surface area contributed by atoms with Crippen LogP contribution >= 0.6 is 12.4 Å². The summed E-state index contributed by atoms with van der Waals surface area (Å²) >= 11 is 0. The number of likely N-dealkylation sites (tertiary alicyclic amines) is 1. The van der Waals surface area contributed by atoms with E-state index in [0.29, 0.717) is 12.5 Å². The van der Waals surface area contributed by atoms with Crippen molar-refractivity contribution in [2.75, 3.05) is 13.1 Å². The summed E-state index contributed by atoms with van der Waals surface area (Å²) in [7, 11) is 0. The highest BCUT2D eigenvalue weighted by atomic mass is 35.5. The van der Waals surface area contributed by atoms with Crippen LogP contribution in [0, 0.1) is 0 Å². The van der Waals surface area contributed by atoms with Crippen LogP contribution in [0.2, 0.25) is 0 Å². The molecule has 1 fully saturated rings. The monoisotopic (exact) mass is 334 g/mol. The standard InChI is InChI=1S/C17H22N4O.ClH/c1-2-13-8-17(22)20-16(19-13)11-21-9-14(15(18)10-21)12-6-4-3-5-7-12;/h3-8,14-15H,2,9-11,18H2,1H3,(H,19,20,22);1H/t14-,15+;/m0./s1. The number of H-pyrrole nitrogens is 1. The maximum Gasteiger partial charge on any atom is 0.251 e. The molecule has 0 unspecified atom stereocenters. The molecule has 1 aliphatic rings. The average Bonchev–Trinajstić information content (AvgIpc) is 2.88. The van der Waals surface area contributed by atoms with Crippen LogP contribution in [-0.2, 0) is 13.0 Å². The van der Waals surface area contributed by atoms with Gasteiger partial charge in [0.2, 0.25) is 0 Å². The first-order valence-corrected chi connectivity index (χ1v) is 7.77. The molecule has 2 aromatic rings. The predicted molar refractivity (Wildman–Crippen MR) is 93.9 cm³/mol. The molecular weight excluding hydrogens is 312 g/mol. The van der Waals surface area contributed by atoms with Crippen LogP contribution in [0.1, 0.15) is 29.9 Å². The molecule has 6 heteroatoms. The van der Waals surface area contributed by atoms with Gasteiger partial charge in [0.15, 0.2) is 0 Å². The zero-order valence-corrected chi connectivity index (χ0v) is 14.1. The average molecular weight is 335 g/mol. The van der Waals surface area contributed by atoms with Crippen LogP contribution in [0.3, 0.4) is 0 Å². The minimum atomic E-state index is -0.0787. The summed E-state index contributed by atoms with van der Waals surface area (Å²) in [6.45, 7) is 4.35. The topological polar surface area (TPSA) is 75.0 Å². The molecule has 1 aliphatic heterocycles. The quantitative estimate of drug-likeness (QED) is 0.892. The number of nitrogens with one attached hydrogen (secondary N) is 1. The van der Waals surface area contributed by atoms with Gasteiger partial charge in [-0.15, -0.1) is 12.4 Å². The second-order valence-electron chi connectivity index (χ2n) is 5.91. The molecule has 2 heterocycles. The Morgan fingerprint density at radius 1 is 1.30 bits per heavy atom. The van der Waals surface area contributed by atoms with E-state index in [9.17, 15) is 4.79 Å². The zero-order valence-electron chi connectivity index (χ0n) is 13.2. The normalized spacial score (nSPS) is 21.1. The highest BCUT2D eigenvalue weighted by molar-refractivity contribution is 5.85. The maximum absolute atomic E-state index is 11.7. The van der Waals surface area contributed by atoms with Gasteiger partial charge in [0.05, 0.1) is 6.54 Å². The lowest BCUT2D eigenvalue weighted by Crippen LogP contribution is -2.29. The van der Waals surface area contributed by atoms with Crippen molar-refractivity contribution >= 4 is 12.4 Å². The van der Waals surface area contributed by atoms with E-state index >= 15 is 0 Å². The summed E-state index contributed by atoms with van der Waals surface area (Å²) in [4.78, 5) is 21.2. The van der Waals surface area contributed by atoms with E-state index in [1.165, 1.54) is 5.56 Å². The van der Waals surface area contributed by atoms with Crippen LogP contribution in [-0.4, -0.2) is 34.0 Å². The molecule has 23 heavy (non-hydrogen) atoms. The molecule has 5 nitrogen and oxygen atoms in total. The Morgan fingerprint density at radius 2 is 2.04 bits per heavy atom. The first-order valence-electron chi connectivity index (χ1n) is 7.77. The minimum absolute atomic E-state index is 0. The van der Waals surface area contributed by atoms with Crippen molar-refractivity contribution in [3.8, 4) is 0 Å². The fraction of sp³-hybridized carbons (Fsp3) is 0.412. The Morgan fingerprint density at radius 3 is 2.74 bits per heavy atom. The van der Waals surface area contributed by atoms with Crippen molar-refractivity contribution in [3.05, 3.63) is 63.8 Å². The van der Waals surface area contributed by atoms with E-state index < -0.39 is 0 Å². The zero-order chi connectivity index (χ0) is 15.5. The molecule has 0 aliphatic carbocycles. The molecule has 2 atom stereocenters. The molecule has 0 bridgehead atoms. The lowest BCUT2D eigenvalue weighted by Gasteiger charge is -2.15. The van der Waals surface area contributed by atoms with Crippen molar-refractivity contribution in [3.63, 3.8) is 0 Å². The molecule has 3 rings (SSSR count). The van der Waals surface area contributed by atoms with E-state index in [0.717, 1.165) is 31.0 Å². The lowest BCUT2D eigenvalue weighted by molar-refractivity contribution is 0.314. The predicted octanol–water partition coefficient (Wildman–Crippen LogP) is 1.68. The molecule has 0 amide bonds. The Bertz CT molecular complexity index is 688. The molecule has 0 saturated carbocycles. The van der Waals surface area contributed by atoms with E-state index in [2.05, 4.69) is 39.1 Å². The number of aromatic amines is 1. The van der Waals surface area contributed by atoms with Crippen molar-refractivity contribution in [2.24, 2.45) is 5.73 Å². The Labute approximate surface area is 142 Å². The largest absolute Gasteiger partial charge is 0.326 e. The number of aromatic nitrogens is 2. The van der Waals surface area contributed by atoms with Crippen molar-refractivity contribution in [1.29, 1.82) is 0 Å². The fourth-order valence-electron chi connectivity index (χ4n) is 3.13. The smallest absolute Gasteiger partial charge is 0.251 e. The third kappa shape index (κ3) is 4.19. The van der Waals surface area contributed by atoms with Gasteiger partial charge >= 0.3 is 0 Å². The number of hydrogen-bond acceptors (Lipinski definition) is 4. The lowest BCUT2D eigenvalue weighted by atomic mass is 9.95. The van der Waals surface area contributed by atoms with Crippen molar-refractivity contribution in [1.82, 2.24) is 14.9 Å².